The highest BCUT2D eigenvalue weighted by Gasteiger charge is 2.22. The van der Waals surface area contributed by atoms with Crippen LogP contribution in [0.4, 0.5) is 0 Å². The zero-order chi connectivity index (χ0) is 29.9. The number of aliphatic hydroxyl groups is 1. The molecule has 1 fully saturated rings. The van der Waals surface area contributed by atoms with Crippen LogP contribution in [0.5, 0.6) is 0 Å². The Morgan fingerprint density at radius 2 is 1.60 bits per heavy atom. The van der Waals surface area contributed by atoms with Crippen LogP contribution in [-0.4, -0.2) is 24.3 Å². The second-order valence-corrected chi connectivity index (χ2v) is 11.9. The Labute approximate surface area is 253 Å². The Bertz CT molecular complexity index is 1340. The van der Waals surface area contributed by atoms with E-state index >= 15 is 0 Å². The molecular formula is C39H48O3. The summed E-state index contributed by atoms with van der Waals surface area (Å²) in [5.41, 5.74) is 10.5. The van der Waals surface area contributed by atoms with Crippen molar-refractivity contribution in [3.8, 4) is 22.3 Å². The standard InChI is InChI=1S/C39H48O3/c1-5-7-9-29-11-13-32(14-12-29)33-15-17-34(18-16-33)35-21-22-38(30(6-2)26-35)37-20-19-31(10-8-24-40)36(27-37)23-25-42-39(41)28(3)4/h5,15-22,26-27,29,32,40H,1,3,6-14,23-25H2,2,4H3. The lowest BCUT2D eigenvalue weighted by atomic mass is 9.77. The lowest BCUT2D eigenvalue weighted by Crippen LogP contribution is -2.13. The zero-order valence-electron chi connectivity index (χ0n) is 25.7. The maximum absolute atomic E-state index is 11.9. The highest BCUT2D eigenvalue weighted by atomic mass is 16.5. The third kappa shape index (κ3) is 8.32. The molecule has 1 aliphatic rings. The van der Waals surface area contributed by atoms with Crippen LogP contribution in [0.1, 0.15) is 87.0 Å². The molecule has 1 aliphatic carbocycles. The van der Waals surface area contributed by atoms with E-state index in [4.69, 9.17) is 4.74 Å². The molecule has 222 valence electrons. The monoisotopic (exact) mass is 564 g/mol. The van der Waals surface area contributed by atoms with Crippen LogP contribution in [0.15, 0.2) is 85.5 Å². The number of hydrogen-bond acceptors (Lipinski definition) is 3. The first-order valence-corrected chi connectivity index (χ1v) is 15.8. The molecular weight excluding hydrogens is 516 g/mol. The van der Waals surface area contributed by atoms with Crippen molar-refractivity contribution in [3.63, 3.8) is 0 Å². The number of hydrogen-bond donors (Lipinski definition) is 1. The zero-order valence-corrected chi connectivity index (χ0v) is 25.7. The van der Waals surface area contributed by atoms with Crippen molar-refractivity contribution in [2.24, 2.45) is 5.92 Å². The van der Waals surface area contributed by atoms with Crippen molar-refractivity contribution in [2.45, 2.75) is 84.0 Å². The van der Waals surface area contributed by atoms with Crippen molar-refractivity contribution < 1.29 is 14.6 Å². The number of carbonyl (C=O) groups is 1. The van der Waals surface area contributed by atoms with Crippen molar-refractivity contribution in [1.29, 1.82) is 0 Å². The molecule has 4 rings (SSSR count). The molecule has 0 aromatic heterocycles. The summed E-state index contributed by atoms with van der Waals surface area (Å²) >= 11 is 0. The maximum Gasteiger partial charge on any atom is 0.333 e. The molecule has 1 saturated carbocycles. The van der Waals surface area contributed by atoms with Gasteiger partial charge in [-0.3, -0.25) is 0 Å². The van der Waals surface area contributed by atoms with E-state index in [1.807, 2.05) is 0 Å². The van der Waals surface area contributed by atoms with Crippen LogP contribution in [0, 0.1) is 5.92 Å². The first-order chi connectivity index (χ1) is 20.4. The molecule has 0 unspecified atom stereocenters. The van der Waals surface area contributed by atoms with Gasteiger partial charge in [0.25, 0.3) is 0 Å². The molecule has 0 atom stereocenters. The molecule has 0 heterocycles. The van der Waals surface area contributed by atoms with Gasteiger partial charge in [-0.25, -0.2) is 4.79 Å². The van der Waals surface area contributed by atoms with Gasteiger partial charge < -0.3 is 9.84 Å². The molecule has 0 bridgehead atoms. The number of aryl methyl sites for hydroxylation is 2. The molecule has 3 aromatic rings. The fraction of sp³-hybridized carbons (Fsp3) is 0.410. The number of carbonyl (C=O) groups excluding carboxylic acids is 1. The Kier molecular flexibility index (Phi) is 11.8. The number of ether oxygens (including phenoxy) is 1. The molecule has 3 nitrogen and oxygen atoms in total. The number of allylic oxidation sites excluding steroid dienone is 1. The quantitative estimate of drug-likeness (QED) is 0.120. The first-order valence-electron chi connectivity index (χ1n) is 15.8. The van der Waals surface area contributed by atoms with Crippen molar-refractivity contribution in [1.82, 2.24) is 0 Å². The summed E-state index contributed by atoms with van der Waals surface area (Å²) < 4.78 is 5.40. The minimum Gasteiger partial charge on any atom is -0.462 e. The number of aliphatic hydroxyl groups excluding tert-OH is 1. The van der Waals surface area contributed by atoms with Gasteiger partial charge in [-0.1, -0.05) is 80.2 Å². The van der Waals surface area contributed by atoms with Crippen LogP contribution in [0.25, 0.3) is 22.3 Å². The molecule has 0 saturated heterocycles. The lowest BCUT2D eigenvalue weighted by Gasteiger charge is -2.28. The van der Waals surface area contributed by atoms with Crippen LogP contribution >= 0.6 is 0 Å². The minimum atomic E-state index is -0.355. The third-order valence-electron chi connectivity index (χ3n) is 8.90. The number of esters is 1. The van der Waals surface area contributed by atoms with Gasteiger partial charge in [0.1, 0.15) is 0 Å². The van der Waals surface area contributed by atoms with Crippen LogP contribution < -0.4 is 0 Å². The predicted molar refractivity (Wildman–Crippen MR) is 176 cm³/mol. The second-order valence-electron chi connectivity index (χ2n) is 11.9. The number of benzene rings is 3. The van der Waals surface area contributed by atoms with E-state index in [0.717, 1.165) is 30.7 Å². The van der Waals surface area contributed by atoms with Gasteiger partial charge in [-0.05, 0) is 121 Å². The Balaban J connectivity index is 1.50. The summed E-state index contributed by atoms with van der Waals surface area (Å²) in [5.74, 6) is 1.20. The van der Waals surface area contributed by atoms with Crippen LogP contribution in [-0.2, 0) is 28.8 Å². The Morgan fingerprint density at radius 3 is 2.26 bits per heavy atom. The molecule has 42 heavy (non-hydrogen) atoms. The summed E-state index contributed by atoms with van der Waals surface area (Å²) in [6, 6.07) is 22.7. The molecule has 1 N–H and O–H groups in total. The average molecular weight is 565 g/mol. The van der Waals surface area contributed by atoms with E-state index in [1.165, 1.54) is 71.0 Å². The molecule has 0 spiro atoms. The summed E-state index contributed by atoms with van der Waals surface area (Å²) in [7, 11) is 0. The van der Waals surface area contributed by atoms with Gasteiger partial charge in [-0.2, -0.15) is 0 Å². The van der Waals surface area contributed by atoms with Crippen molar-refractivity contribution in [3.05, 3.63) is 108 Å². The molecule has 0 amide bonds. The number of rotatable bonds is 14. The first kappa shape index (κ1) is 31.5. The maximum atomic E-state index is 11.9. The average Bonchev–Trinajstić information content (AvgIpc) is 3.03. The van der Waals surface area contributed by atoms with Crippen molar-refractivity contribution >= 4 is 5.97 Å². The van der Waals surface area contributed by atoms with Gasteiger partial charge >= 0.3 is 5.97 Å². The van der Waals surface area contributed by atoms with Gasteiger partial charge in [0.05, 0.1) is 6.61 Å². The van der Waals surface area contributed by atoms with E-state index in [2.05, 4.69) is 86.8 Å². The summed E-state index contributed by atoms with van der Waals surface area (Å²) in [6.45, 7) is 11.9. The van der Waals surface area contributed by atoms with Crippen LogP contribution in [0.2, 0.25) is 0 Å². The SMILES string of the molecule is C=CCCC1CCC(c2ccc(-c3ccc(-c4ccc(CCCO)c(CCOC(=O)C(=C)C)c4)c(CC)c3)cc2)CC1. The van der Waals surface area contributed by atoms with E-state index < -0.39 is 0 Å². The van der Waals surface area contributed by atoms with Gasteiger partial charge in [-0.15, -0.1) is 6.58 Å². The molecule has 3 aromatic carbocycles. The predicted octanol–water partition coefficient (Wildman–Crippen LogP) is 9.41. The van der Waals surface area contributed by atoms with Gasteiger partial charge in [0, 0.05) is 18.6 Å². The fourth-order valence-corrected chi connectivity index (χ4v) is 6.35. The van der Waals surface area contributed by atoms with E-state index in [9.17, 15) is 9.90 Å². The molecule has 3 heteroatoms. The summed E-state index contributed by atoms with van der Waals surface area (Å²) in [4.78, 5) is 11.9. The van der Waals surface area contributed by atoms with Gasteiger partial charge in [0.15, 0.2) is 0 Å². The van der Waals surface area contributed by atoms with E-state index in [0.29, 0.717) is 30.9 Å². The highest BCUT2D eigenvalue weighted by molar-refractivity contribution is 5.86. The smallest absolute Gasteiger partial charge is 0.333 e. The Hall–Kier alpha value is -3.43. The summed E-state index contributed by atoms with van der Waals surface area (Å²) in [5, 5.41) is 9.38. The largest absolute Gasteiger partial charge is 0.462 e. The molecule has 0 radical (unpaired) electrons. The lowest BCUT2D eigenvalue weighted by molar-refractivity contribution is -0.138. The summed E-state index contributed by atoms with van der Waals surface area (Å²) in [6.07, 6.45) is 12.9. The van der Waals surface area contributed by atoms with Crippen LogP contribution in [0.3, 0.4) is 0 Å². The van der Waals surface area contributed by atoms with E-state index in [1.54, 1.807) is 6.92 Å². The second kappa shape index (κ2) is 15.7. The topological polar surface area (TPSA) is 46.5 Å². The minimum absolute atomic E-state index is 0.158. The normalized spacial score (nSPS) is 16.6. The fourth-order valence-electron chi connectivity index (χ4n) is 6.35. The van der Waals surface area contributed by atoms with E-state index in [-0.39, 0.29) is 12.6 Å². The highest BCUT2D eigenvalue weighted by Crippen LogP contribution is 2.38. The van der Waals surface area contributed by atoms with Crippen molar-refractivity contribution in [2.75, 3.05) is 13.2 Å². The molecule has 0 aliphatic heterocycles. The van der Waals surface area contributed by atoms with Gasteiger partial charge in [0.2, 0.25) is 0 Å². The Morgan fingerprint density at radius 1 is 0.905 bits per heavy atom. The third-order valence-corrected chi connectivity index (χ3v) is 8.90.